The van der Waals surface area contributed by atoms with E-state index in [0.717, 1.165) is 17.1 Å². The highest BCUT2D eigenvalue weighted by Crippen LogP contribution is 2.17. The summed E-state index contributed by atoms with van der Waals surface area (Å²) in [5.41, 5.74) is 7.93. The van der Waals surface area contributed by atoms with Gasteiger partial charge in [-0.2, -0.15) is 0 Å². The number of rotatable bonds is 2. The van der Waals surface area contributed by atoms with E-state index in [1.165, 1.54) is 0 Å². The SMILES string of the molecule is Cc1ncc(-c2ccco2)nc1CN. The molecular formula is C10H11N3O. The van der Waals surface area contributed by atoms with Gasteiger partial charge in [0.1, 0.15) is 5.69 Å². The molecule has 0 aromatic carbocycles. The van der Waals surface area contributed by atoms with Gasteiger partial charge in [-0.3, -0.25) is 4.98 Å². The van der Waals surface area contributed by atoms with Crippen molar-refractivity contribution in [3.63, 3.8) is 0 Å². The lowest BCUT2D eigenvalue weighted by Crippen LogP contribution is -2.04. The average Bonchev–Trinajstić information content (AvgIpc) is 2.71. The first kappa shape index (κ1) is 8.90. The highest BCUT2D eigenvalue weighted by Gasteiger charge is 2.05. The molecule has 0 atom stereocenters. The summed E-state index contributed by atoms with van der Waals surface area (Å²) in [6, 6.07) is 3.67. The number of furan rings is 1. The fourth-order valence-corrected chi connectivity index (χ4v) is 1.22. The minimum atomic E-state index is 0.396. The Morgan fingerprint density at radius 3 is 3.00 bits per heavy atom. The Morgan fingerprint density at radius 2 is 2.36 bits per heavy atom. The molecule has 0 saturated carbocycles. The Kier molecular flexibility index (Phi) is 2.28. The highest BCUT2D eigenvalue weighted by molar-refractivity contribution is 5.50. The maximum atomic E-state index is 5.54. The van der Waals surface area contributed by atoms with E-state index in [4.69, 9.17) is 10.2 Å². The van der Waals surface area contributed by atoms with Crippen LogP contribution in [0.5, 0.6) is 0 Å². The fourth-order valence-electron chi connectivity index (χ4n) is 1.22. The molecule has 14 heavy (non-hydrogen) atoms. The van der Waals surface area contributed by atoms with Gasteiger partial charge in [-0.1, -0.05) is 0 Å². The molecule has 0 amide bonds. The summed E-state index contributed by atoms with van der Waals surface area (Å²) >= 11 is 0. The number of hydrogen-bond donors (Lipinski definition) is 1. The summed E-state index contributed by atoms with van der Waals surface area (Å²) in [6.45, 7) is 2.29. The van der Waals surface area contributed by atoms with Crippen LogP contribution < -0.4 is 5.73 Å². The summed E-state index contributed by atoms with van der Waals surface area (Å²) in [5, 5.41) is 0. The maximum Gasteiger partial charge on any atom is 0.153 e. The second-order valence-corrected chi connectivity index (χ2v) is 2.97. The van der Waals surface area contributed by atoms with Crippen molar-refractivity contribution < 1.29 is 4.42 Å². The number of aryl methyl sites for hydroxylation is 1. The van der Waals surface area contributed by atoms with E-state index in [-0.39, 0.29) is 0 Å². The van der Waals surface area contributed by atoms with Crippen LogP contribution in [-0.4, -0.2) is 9.97 Å². The van der Waals surface area contributed by atoms with Crippen LogP contribution >= 0.6 is 0 Å². The minimum absolute atomic E-state index is 0.396. The van der Waals surface area contributed by atoms with Crippen LogP contribution in [0.25, 0.3) is 11.5 Å². The largest absolute Gasteiger partial charge is 0.463 e. The van der Waals surface area contributed by atoms with Gasteiger partial charge >= 0.3 is 0 Å². The van der Waals surface area contributed by atoms with Crippen LogP contribution in [0, 0.1) is 6.92 Å². The predicted octanol–water partition coefficient (Wildman–Crippen LogP) is 1.50. The zero-order valence-electron chi connectivity index (χ0n) is 7.90. The summed E-state index contributed by atoms with van der Waals surface area (Å²) in [7, 11) is 0. The van der Waals surface area contributed by atoms with Crippen molar-refractivity contribution >= 4 is 0 Å². The van der Waals surface area contributed by atoms with E-state index in [2.05, 4.69) is 9.97 Å². The Labute approximate surface area is 81.8 Å². The smallest absolute Gasteiger partial charge is 0.153 e. The van der Waals surface area contributed by atoms with E-state index in [9.17, 15) is 0 Å². The van der Waals surface area contributed by atoms with Gasteiger partial charge in [-0.15, -0.1) is 0 Å². The molecule has 0 aliphatic heterocycles. The van der Waals surface area contributed by atoms with E-state index in [0.29, 0.717) is 12.3 Å². The van der Waals surface area contributed by atoms with Crippen LogP contribution in [0.15, 0.2) is 29.0 Å². The first-order valence-electron chi connectivity index (χ1n) is 4.37. The molecule has 2 aromatic heterocycles. The standard InChI is InChI=1S/C10H11N3O/c1-7-8(5-11)13-9(6-12-7)10-3-2-4-14-10/h2-4,6H,5,11H2,1H3. The molecule has 2 N–H and O–H groups in total. The van der Waals surface area contributed by atoms with Crippen molar-refractivity contribution in [1.29, 1.82) is 0 Å². The van der Waals surface area contributed by atoms with Gasteiger partial charge in [0.05, 0.1) is 23.8 Å². The van der Waals surface area contributed by atoms with E-state index >= 15 is 0 Å². The Hall–Kier alpha value is -1.68. The molecule has 72 valence electrons. The lowest BCUT2D eigenvalue weighted by molar-refractivity contribution is 0.579. The summed E-state index contributed by atoms with van der Waals surface area (Å²) in [5.74, 6) is 0.715. The molecule has 4 heteroatoms. The fraction of sp³-hybridized carbons (Fsp3) is 0.200. The van der Waals surface area contributed by atoms with Gasteiger partial charge in [0.15, 0.2) is 5.76 Å². The third-order valence-corrected chi connectivity index (χ3v) is 2.02. The Balaban J connectivity index is 2.46. The van der Waals surface area contributed by atoms with Crippen LogP contribution in [0.1, 0.15) is 11.4 Å². The van der Waals surface area contributed by atoms with Crippen LogP contribution in [0.2, 0.25) is 0 Å². The molecule has 0 radical (unpaired) electrons. The molecule has 2 rings (SSSR count). The summed E-state index contributed by atoms with van der Waals surface area (Å²) < 4.78 is 5.22. The van der Waals surface area contributed by atoms with Crippen molar-refractivity contribution in [3.8, 4) is 11.5 Å². The second-order valence-electron chi connectivity index (χ2n) is 2.97. The Bertz CT molecular complexity index is 423. The number of aromatic nitrogens is 2. The predicted molar refractivity (Wildman–Crippen MR) is 52.4 cm³/mol. The quantitative estimate of drug-likeness (QED) is 0.777. The minimum Gasteiger partial charge on any atom is -0.463 e. The zero-order valence-corrected chi connectivity index (χ0v) is 7.90. The maximum absolute atomic E-state index is 5.54. The van der Waals surface area contributed by atoms with E-state index in [1.807, 2.05) is 19.1 Å². The average molecular weight is 189 g/mol. The lowest BCUT2D eigenvalue weighted by Gasteiger charge is -2.02. The second kappa shape index (κ2) is 3.59. The molecule has 0 aliphatic rings. The van der Waals surface area contributed by atoms with Crippen LogP contribution in [0.4, 0.5) is 0 Å². The van der Waals surface area contributed by atoms with Gasteiger partial charge in [0.2, 0.25) is 0 Å². The van der Waals surface area contributed by atoms with Crippen LogP contribution in [-0.2, 0) is 6.54 Å². The molecular weight excluding hydrogens is 178 g/mol. The number of nitrogens with two attached hydrogens (primary N) is 1. The Morgan fingerprint density at radius 1 is 1.50 bits per heavy atom. The zero-order chi connectivity index (χ0) is 9.97. The van der Waals surface area contributed by atoms with Gasteiger partial charge in [-0.25, -0.2) is 4.98 Å². The normalized spacial score (nSPS) is 10.4. The van der Waals surface area contributed by atoms with Crippen molar-refractivity contribution in [2.45, 2.75) is 13.5 Å². The summed E-state index contributed by atoms with van der Waals surface area (Å²) in [4.78, 5) is 8.56. The van der Waals surface area contributed by atoms with Crippen molar-refractivity contribution in [2.24, 2.45) is 5.73 Å². The molecule has 0 spiro atoms. The third-order valence-electron chi connectivity index (χ3n) is 2.02. The molecule has 0 unspecified atom stereocenters. The lowest BCUT2D eigenvalue weighted by atomic mass is 10.3. The highest BCUT2D eigenvalue weighted by atomic mass is 16.3. The summed E-state index contributed by atoms with van der Waals surface area (Å²) in [6.07, 6.45) is 3.30. The monoisotopic (exact) mass is 189 g/mol. The van der Waals surface area contributed by atoms with Crippen molar-refractivity contribution in [3.05, 3.63) is 36.0 Å². The van der Waals surface area contributed by atoms with E-state index in [1.54, 1.807) is 12.5 Å². The van der Waals surface area contributed by atoms with Crippen molar-refractivity contribution in [1.82, 2.24) is 9.97 Å². The molecule has 0 aliphatic carbocycles. The third kappa shape index (κ3) is 1.52. The first-order chi connectivity index (χ1) is 6.81. The number of nitrogens with zero attached hydrogens (tertiary/aromatic N) is 2. The van der Waals surface area contributed by atoms with Gasteiger partial charge in [0, 0.05) is 6.54 Å². The van der Waals surface area contributed by atoms with Gasteiger partial charge in [-0.05, 0) is 19.1 Å². The van der Waals surface area contributed by atoms with Gasteiger partial charge in [0.25, 0.3) is 0 Å². The first-order valence-corrected chi connectivity index (χ1v) is 4.37. The molecule has 0 fully saturated rings. The molecule has 0 bridgehead atoms. The van der Waals surface area contributed by atoms with E-state index < -0.39 is 0 Å². The molecule has 0 saturated heterocycles. The molecule has 4 nitrogen and oxygen atoms in total. The van der Waals surface area contributed by atoms with Crippen LogP contribution in [0.3, 0.4) is 0 Å². The van der Waals surface area contributed by atoms with Gasteiger partial charge < -0.3 is 10.2 Å². The topological polar surface area (TPSA) is 64.9 Å². The molecule has 2 aromatic rings. The number of hydrogen-bond acceptors (Lipinski definition) is 4. The molecule has 2 heterocycles. The van der Waals surface area contributed by atoms with Crippen molar-refractivity contribution in [2.75, 3.05) is 0 Å².